The fraction of sp³-hybridized carbons (Fsp3) is 0.471. The summed E-state index contributed by atoms with van der Waals surface area (Å²) in [5.74, 6) is 0.469. The van der Waals surface area contributed by atoms with Crippen molar-refractivity contribution in [3.63, 3.8) is 0 Å². The topological polar surface area (TPSA) is 38.9 Å². The summed E-state index contributed by atoms with van der Waals surface area (Å²) in [5, 5.41) is 2.54. The molecule has 2 nitrogen and oxygen atoms in total. The van der Waals surface area contributed by atoms with Crippen molar-refractivity contribution >= 4 is 10.8 Å². The Morgan fingerprint density at radius 2 is 1.95 bits per heavy atom. The number of fused-ring (bicyclic) bond motifs is 1. The van der Waals surface area contributed by atoms with Crippen molar-refractivity contribution in [2.45, 2.75) is 39.5 Å². The van der Waals surface area contributed by atoms with Crippen molar-refractivity contribution in [1.29, 1.82) is 0 Å². The van der Waals surface area contributed by atoms with E-state index in [4.69, 9.17) is 5.73 Å². The summed E-state index contributed by atoms with van der Waals surface area (Å²) in [6.07, 6.45) is 2.85. The predicted molar refractivity (Wildman–Crippen MR) is 82.4 cm³/mol. The van der Waals surface area contributed by atoms with Gasteiger partial charge in [-0.2, -0.15) is 0 Å². The van der Waals surface area contributed by atoms with Crippen LogP contribution in [-0.2, 0) is 11.8 Å². The lowest BCUT2D eigenvalue weighted by Gasteiger charge is -2.20. The molecule has 1 atom stereocenters. The van der Waals surface area contributed by atoms with Crippen molar-refractivity contribution in [3.8, 4) is 0 Å². The molecule has 0 aliphatic heterocycles. The average molecular weight is 256 g/mol. The molecule has 2 rings (SSSR count). The van der Waals surface area contributed by atoms with E-state index in [1.807, 2.05) is 6.20 Å². The van der Waals surface area contributed by atoms with Crippen LogP contribution in [0.5, 0.6) is 0 Å². The van der Waals surface area contributed by atoms with E-state index in [1.165, 1.54) is 22.0 Å². The minimum atomic E-state index is 0.167. The fourth-order valence-electron chi connectivity index (χ4n) is 2.27. The first-order chi connectivity index (χ1) is 8.91. The number of benzene rings is 1. The minimum Gasteiger partial charge on any atom is -0.330 e. The first-order valence-corrected chi connectivity index (χ1v) is 7.00. The predicted octanol–water partition coefficient (Wildman–Crippen LogP) is 3.67. The van der Waals surface area contributed by atoms with Crippen LogP contribution in [0.15, 0.2) is 30.5 Å². The molecule has 0 bridgehead atoms. The SMILES string of the molecule is CC(CN)Cc1nccc2ccc(C(C)(C)C)cc12. The Hall–Kier alpha value is -1.41. The molecule has 1 unspecified atom stereocenters. The van der Waals surface area contributed by atoms with E-state index >= 15 is 0 Å². The number of pyridine rings is 1. The normalized spacial score (nSPS) is 13.7. The zero-order valence-corrected chi connectivity index (χ0v) is 12.4. The van der Waals surface area contributed by atoms with Gasteiger partial charge < -0.3 is 5.73 Å². The standard InChI is InChI=1S/C17H24N2/c1-12(11-18)9-16-15-10-14(17(2,3)4)6-5-13(15)7-8-19-16/h5-8,10,12H,9,11,18H2,1-4H3. The molecule has 2 heteroatoms. The fourth-order valence-corrected chi connectivity index (χ4v) is 2.27. The van der Waals surface area contributed by atoms with Crippen LogP contribution in [0.4, 0.5) is 0 Å². The number of nitrogens with two attached hydrogens (primary N) is 1. The van der Waals surface area contributed by atoms with Gasteiger partial charge in [0.2, 0.25) is 0 Å². The molecule has 0 radical (unpaired) electrons. The highest BCUT2D eigenvalue weighted by molar-refractivity contribution is 5.85. The summed E-state index contributed by atoms with van der Waals surface area (Å²) in [6.45, 7) is 9.61. The lowest BCUT2D eigenvalue weighted by Crippen LogP contribution is -2.14. The van der Waals surface area contributed by atoms with Crippen LogP contribution >= 0.6 is 0 Å². The van der Waals surface area contributed by atoms with Crippen molar-refractivity contribution < 1.29 is 0 Å². The van der Waals surface area contributed by atoms with Gasteiger partial charge in [0.1, 0.15) is 0 Å². The van der Waals surface area contributed by atoms with Crippen molar-refractivity contribution in [1.82, 2.24) is 4.98 Å². The molecule has 0 amide bonds. The Morgan fingerprint density at radius 3 is 2.58 bits per heavy atom. The molecule has 1 heterocycles. The van der Waals surface area contributed by atoms with Gasteiger partial charge in [-0.3, -0.25) is 4.98 Å². The van der Waals surface area contributed by atoms with E-state index < -0.39 is 0 Å². The number of rotatable bonds is 3. The van der Waals surface area contributed by atoms with Crippen LogP contribution < -0.4 is 5.73 Å². The molecule has 2 N–H and O–H groups in total. The van der Waals surface area contributed by atoms with Crippen LogP contribution in [-0.4, -0.2) is 11.5 Å². The molecule has 0 aliphatic carbocycles. The molecule has 0 saturated heterocycles. The van der Waals surface area contributed by atoms with Crippen LogP contribution in [0, 0.1) is 5.92 Å². The third-order valence-corrected chi connectivity index (χ3v) is 3.66. The Labute approximate surface area is 116 Å². The third-order valence-electron chi connectivity index (χ3n) is 3.66. The second-order valence-corrected chi connectivity index (χ2v) is 6.49. The average Bonchev–Trinajstić information content (AvgIpc) is 2.37. The Bertz CT molecular complexity index is 567. The number of aromatic nitrogens is 1. The van der Waals surface area contributed by atoms with Crippen LogP contribution in [0.3, 0.4) is 0 Å². The molecule has 102 valence electrons. The van der Waals surface area contributed by atoms with Gasteiger partial charge >= 0.3 is 0 Å². The van der Waals surface area contributed by atoms with Crippen LogP contribution in [0.2, 0.25) is 0 Å². The Morgan fingerprint density at radius 1 is 1.21 bits per heavy atom. The van der Waals surface area contributed by atoms with Gasteiger partial charge in [-0.05, 0) is 47.4 Å². The highest BCUT2D eigenvalue weighted by Gasteiger charge is 2.15. The molecular weight excluding hydrogens is 232 g/mol. The molecule has 0 aliphatic rings. The Kier molecular flexibility index (Phi) is 3.91. The maximum absolute atomic E-state index is 5.74. The number of hydrogen-bond acceptors (Lipinski definition) is 2. The molecule has 19 heavy (non-hydrogen) atoms. The van der Waals surface area contributed by atoms with Crippen LogP contribution in [0.25, 0.3) is 10.8 Å². The molecule has 1 aromatic carbocycles. The zero-order chi connectivity index (χ0) is 14.0. The second kappa shape index (κ2) is 5.30. The lowest BCUT2D eigenvalue weighted by atomic mass is 9.85. The summed E-state index contributed by atoms with van der Waals surface area (Å²) < 4.78 is 0. The quantitative estimate of drug-likeness (QED) is 0.910. The second-order valence-electron chi connectivity index (χ2n) is 6.49. The molecule has 2 aromatic rings. The first kappa shape index (κ1) is 14.0. The summed E-state index contributed by atoms with van der Waals surface area (Å²) in [4.78, 5) is 4.56. The third kappa shape index (κ3) is 3.13. The van der Waals surface area contributed by atoms with Gasteiger partial charge in [0.25, 0.3) is 0 Å². The summed E-state index contributed by atoms with van der Waals surface area (Å²) in [6, 6.07) is 8.80. The summed E-state index contributed by atoms with van der Waals surface area (Å²) >= 11 is 0. The minimum absolute atomic E-state index is 0.167. The molecule has 0 fully saturated rings. The van der Waals surface area contributed by atoms with E-state index in [9.17, 15) is 0 Å². The van der Waals surface area contributed by atoms with E-state index in [2.05, 4.69) is 56.9 Å². The number of nitrogens with zero attached hydrogens (tertiary/aromatic N) is 1. The lowest BCUT2D eigenvalue weighted by molar-refractivity contribution is 0.585. The van der Waals surface area contributed by atoms with Crippen LogP contribution in [0.1, 0.15) is 39.0 Å². The molecule has 1 aromatic heterocycles. The largest absolute Gasteiger partial charge is 0.330 e. The van der Waals surface area contributed by atoms with Gasteiger partial charge in [-0.15, -0.1) is 0 Å². The van der Waals surface area contributed by atoms with Gasteiger partial charge in [-0.1, -0.05) is 39.8 Å². The number of hydrogen-bond donors (Lipinski definition) is 1. The smallest absolute Gasteiger partial charge is 0.0485 e. The van der Waals surface area contributed by atoms with E-state index in [0.717, 1.165) is 6.42 Å². The van der Waals surface area contributed by atoms with E-state index in [1.54, 1.807) is 0 Å². The highest BCUT2D eigenvalue weighted by Crippen LogP contribution is 2.27. The summed E-state index contributed by atoms with van der Waals surface area (Å²) in [5.41, 5.74) is 8.43. The van der Waals surface area contributed by atoms with Crippen molar-refractivity contribution in [2.24, 2.45) is 11.7 Å². The van der Waals surface area contributed by atoms with Crippen molar-refractivity contribution in [3.05, 3.63) is 41.7 Å². The van der Waals surface area contributed by atoms with E-state index in [-0.39, 0.29) is 5.41 Å². The zero-order valence-electron chi connectivity index (χ0n) is 12.4. The Balaban J connectivity index is 2.52. The molecular formula is C17H24N2. The molecule has 0 saturated carbocycles. The van der Waals surface area contributed by atoms with Gasteiger partial charge in [0.15, 0.2) is 0 Å². The van der Waals surface area contributed by atoms with Gasteiger partial charge in [-0.25, -0.2) is 0 Å². The highest BCUT2D eigenvalue weighted by atomic mass is 14.7. The van der Waals surface area contributed by atoms with Gasteiger partial charge in [0, 0.05) is 17.3 Å². The first-order valence-electron chi connectivity index (χ1n) is 7.00. The van der Waals surface area contributed by atoms with Gasteiger partial charge in [0.05, 0.1) is 0 Å². The van der Waals surface area contributed by atoms with E-state index in [0.29, 0.717) is 12.5 Å². The van der Waals surface area contributed by atoms with Crippen molar-refractivity contribution in [2.75, 3.05) is 6.54 Å². The maximum Gasteiger partial charge on any atom is 0.0485 e. The summed E-state index contributed by atoms with van der Waals surface area (Å²) in [7, 11) is 0. The monoisotopic (exact) mass is 256 g/mol. The maximum atomic E-state index is 5.74. The molecule has 0 spiro atoms.